The number of benzene rings is 2. The minimum absolute atomic E-state index is 0.105. The topological polar surface area (TPSA) is 102 Å². The summed E-state index contributed by atoms with van der Waals surface area (Å²) in [6, 6.07) is 9.80. The number of halogens is 1. The lowest BCUT2D eigenvalue weighted by Gasteiger charge is -2.26. The van der Waals surface area contributed by atoms with E-state index in [9.17, 15) is 14.4 Å². The SMILES string of the molecule is CC(=O)NCCCOc1cc(-c2cc3cc(CN4CCCCC4)ccc3n2C(=O)OC(C)(C)C)c2c(c1Cl)CNC2=O. The Morgan fingerprint density at radius 2 is 1.86 bits per heavy atom. The lowest BCUT2D eigenvalue weighted by atomic mass is 9.99. The number of ether oxygens (including phenoxy) is 2. The van der Waals surface area contributed by atoms with Crippen LogP contribution in [0.5, 0.6) is 5.75 Å². The zero-order valence-corrected chi connectivity index (χ0v) is 25.5. The van der Waals surface area contributed by atoms with Crippen LogP contribution in [0, 0.1) is 0 Å². The molecule has 0 saturated carbocycles. The van der Waals surface area contributed by atoms with Crippen LogP contribution in [-0.4, -0.2) is 59.2 Å². The second-order valence-electron chi connectivity index (χ2n) is 12.0. The normalized spacial score (nSPS) is 15.4. The summed E-state index contributed by atoms with van der Waals surface area (Å²) in [4.78, 5) is 40.5. The molecule has 2 aromatic carbocycles. The second kappa shape index (κ2) is 12.4. The number of rotatable bonds is 8. The van der Waals surface area contributed by atoms with Crippen molar-refractivity contribution in [3.8, 4) is 17.0 Å². The number of aromatic nitrogens is 1. The fraction of sp³-hybridized carbons (Fsp3) is 0.469. The van der Waals surface area contributed by atoms with Crippen molar-refractivity contribution in [2.24, 2.45) is 0 Å². The van der Waals surface area contributed by atoms with Gasteiger partial charge in [0.05, 0.1) is 28.4 Å². The number of piperidine rings is 1. The summed E-state index contributed by atoms with van der Waals surface area (Å²) in [5.41, 5.74) is 3.26. The van der Waals surface area contributed by atoms with Gasteiger partial charge in [-0.1, -0.05) is 24.1 Å². The van der Waals surface area contributed by atoms with Crippen molar-refractivity contribution in [1.82, 2.24) is 20.1 Å². The van der Waals surface area contributed by atoms with Crippen molar-refractivity contribution < 1.29 is 23.9 Å². The first-order valence-electron chi connectivity index (χ1n) is 14.6. The van der Waals surface area contributed by atoms with Crippen LogP contribution in [0.2, 0.25) is 5.02 Å². The molecular formula is C32H39ClN4O5. The highest BCUT2D eigenvalue weighted by molar-refractivity contribution is 6.34. The first-order valence-corrected chi connectivity index (χ1v) is 15.0. The van der Waals surface area contributed by atoms with Crippen LogP contribution < -0.4 is 15.4 Å². The van der Waals surface area contributed by atoms with Gasteiger partial charge < -0.3 is 20.1 Å². The van der Waals surface area contributed by atoms with Gasteiger partial charge in [0.1, 0.15) is 11.4 Å². The first kappa shape index (κ1) is 29.9. The molecule has 2 aliphatic rings. The highest BCUT2D eigenvalue weighted by Gasteiger charge is 2.32. The molecule has 10 heteroatoms. The third-order valence-corrected chi connectivity index (χ3v) is 7.92. The molecular weight excluding hydrogens is 556 g/mol. The molecule has 3 heterocycles. The Kier molecular flexibility index (Phi) is 8.80. The van der Waals surface area contributed by atoms with Crippen LogP contribution in [0.1, 0.15) is 74.9 Å². The number of carbonyl (C=O) groups is 3. The number of amides is 2. The van der Waals surface area contributed by atoms with Gasteiger partial charge >= 0.3 is 6.09 Å². The van der Waals surface area contributed by atoms with Crippen LogP contribution in [0.25, 0.3) is 22.2 Å². The minimum atomic E-state index is -0.722. The van der Waals surface area contributed by atoms with Crippen molar-refractivity contribution in [3.05, 3.63) is 52.0 Å². The van der Waals surface area contributed by atoms with Gasteiger partial charge in [-0.15, -0.1) is 0 Å². The summed E-state index contributed by atoms with van der Waals surface area (Å²) in [5, 5.41) is 6.86. The maximum Gasteiger partial charge on any atom is 0.419 e. The summed E-state index contributed by atoms with van der Waals surface area (Å²) in [6.45, 7) is 11.0. The van der Waals surface area contributed by atoms with Crippen molar-refractivity contribution in [2.75, 3.05) is 26.2 Å². The number of nitrogens with one attached hydrogen (secondary N) is 2. The average molecular weight is 595 g/mol. The van der Waals surface area contributed by atoms with Gasteiger partial charge in [0.2, 0.25) is 5.91 Å². The monoisotopic (exact) mass is 594 g/mol. The molecule has 2 N–H and O–H groups in total. The van der Waals surface area contributed by atoms with E-state index >= 15 is 0 Å². The van der Waals surface area contributed by atoms with Crippen LogP contribution >= 0.6 is 11.6 Å². The third kappa shape index (κ3) is 6.57. The van der Waals surface area contributed by atoms with E-state index in [1.54, 1.807) is 10.6 Å². The molecule has 42 heavy (non-hydrogen) atoms. The van der Waals surface area contributed by atoms with Crippen LogP contribution in [0.4, 0.5) is 4.79 Å². The van der Waals surface area contributed by atoms with E-state index in [2.05, 4.69) is 27.7 Å². The summed E-state index contributed by atoms with van der Waals surface area (Å²) in [5.74, 6) is 0.0499. The lowest BCUT2D eigenvalue weighted by Crippen LogP contribution is -2.29. The Bertz CT molecular complexity index is 1520. The Labute approximate surface area is 251 Å². The predicted molar refractivity (Wildman–Crippen MR) is 163 cm³/mol. The average Bonchev–Trinajstić information content (AvgIpc) is 3.50. The quantitative estimate of drug-likeness (QED) is 0.316. The molecule has 0 aliphatic carbocycles. The molecule has 0 bridgehead atoms. The largest absolute Gasteiger partial charge is 0.492 e. The molecule has 3 aromatic rings. The Morgan fingerprint density at radius 3 is 2.57 bits per heavy atom. The first-order chi connectivity index (χ1) is 20.0. The summed E-state index contributed by atoms with van der Waals surface area (Å²) in [7, 11) is 0. The van der Waals surface area contributed by atoms with E-state index < -0.39 is 11.7 Å². The smallest absolute Gasteiger partial charge is 0.419 e. The molecule has 1 saturated heterocycles. The molecule has 0 atom stereocenters. The van der Waals surface area contributed by atoms with Gasteiger partial charge in [0.15, 0.2) is 0 Å². The van der Waals surface area contributed by atoms with Crippen LogP contribution in [0.3, 0.4) is 0 Å². The fourth-order valence-corrected chi connectivity index (χ4v) is 5.91. The summed E-state index contributed by atoms with van der Waals surface area (Å²) in [6.07, 6.45) is 3.75. The second-order valence-corrected chi connectivity index (χ2v) is 12.4. The van der Waals surface area contributed by atoms with E-state index in [0.29, 0.717) is 58.2 Å². The van der Waals surface area contributed by atoms with Crippen LogP contribution in [-0.2, 0) is 22.6 Å². The van der Waals surface area contributed by atoms with Crippen molar-refractivity contribution >= 4 is 40.4 Å². The highest BCUT2D eigenvalue weighted by Crippen LogP contribution is 2.42. The Morgan fingerprint density at radius 1 is 1.10 bits per heavy atom. The molecule has 224 valence electrons. The zero-order chi connectivity index (χ0) is 30.0. The van der Waals surface area contributed by atoms with E-state index in [0.717, 1.165) is 25.0 Å². The third-order valence-electron chi connectivity index (χ3n) is 7.51. The standard InChI is InChI=1S/C32H39ClN4O5/c1-20(38)34-11-8-14-41-27-17-23(28-24(29(27)33)18-35-30(28)39)26-16-22-15-21(19-36-12-6-5-7-13-36)9-10-25(22)37(26)31(40)42-32(2,3)4/h9-10,15-17H,5-8,11-14,18-19H2,1-4H3,(H,34,38)(H,35,39). The molecule has 0 spiro atoms. The fourth-order valence-electron chi connectivity index (χ4n) is 5.64. The van der Waals surface area contributed by atoms with Crippen molar-refractivity contribution in [1.29, 1.82) is 0 Å². The van der Waals surface area contributed by atoms with Gasteiger partial charge in [-0.2, -0.15) is 0 Å². The maximum atomic E-state index is 13.7. The number of fused-ring (bicyclic) bond motifs is 2. The molecule has 1 aromatic heterocycles. The molecule has 9 nitrogen and oxygen atoms in total. The highest BCUT2D eigenvalue weighted by atomic mass is 35.5. The van der Waals surface area contributed by atoms with E-state index in [4.69, 9.17) is 21.1 Å². The van der Waals surface area contributed by atoms with Gasteiger partial charge in [0.25, 0.3) is 5.91 Å². The molecule has 0 unspecified atom stereocenters. The van der Waals surface area contributed by atoms with Gasteiger partial charge in [-0.25, -0.2) is 9.36 Å². The maximum absolute atomic E-state index is 13.7. The molecule has 1 fully saturated rings. The molecule has 2 aliphatic heterocycles. The van der Waals surface area contributed by atoms with Gasteiger partial charge in [-0.3, -0.25) is 14.5 Å². The number of hydrogen-bond acceptors (Lipinski definition) is 6. The predicted octanol–water partition coefficient (Wildman–Crippen LogP) is 5.88. The Hall–Kier alpha value is -3.56. The Balaban J connectivity index is 1.59. The number of carbonyl (C=O) groups excluding carboxylic acids is 3. The number of likely N-dealkylation sites (tertiary alicyclic amines) is 1. The van der Waals surface area contributed by atoms with Crippen molar-refractivity contribution in [3.63, 3.8) is 0 Å². The zero-order valence-electron chi connectivity index (χ0n) is 24.8. The molecule has 0 radical (unpaired) electrons. The molecule has 5 rings (SSSR count). The number of nitrogens with zero attached hydrogens (tertiary/aromatic N) is 2. The lowest BCUT2D eigenvalue weighted by molar-refractivity contribution is -0.118. The number of hydrogen-bond donors (Lipinski definition) is 2. The van der Waals surface area contributed by atoms with Gasteiger partial charge in [-0.05, 0) is 83.0 Å². The minimum Gasteiger partial charge on any atom is -0.492 e. The summed E-state index contributed by atoms with van der Waals surface area (Å²) >= 11 is 6.73. The summed E-state index contributed by atoms with van der Waals surface area (Å²) < 4.78 is 13.4. The van der Waals surface area contributed by atoms with E-state index in [1.807, 2.05) is 32.9 Å². The van der Waals surface area contributed by atoms with Crippen LogP contribution in [0.15, 0.2) is 30.3 Å². The van der Waals surface area contributed by atoms with E-state index in [1.165, 1.54) is 31.7 Å². The van der Waals surface area contributed by atoms with Crippen molar-refractivity contribution in [2.45, 2.75) is 72.1 Å². The van der Waals surface area contributed by atoms with E-state index in [-0.39, 0.29) is 18.4 Å². The molecule has 2 amide bonds. The van der Waals surface area contributed by atoms with Gasteiger partial charge in [0, 0.05) is 43.1 Å².